The molecule has 0 saturated carbocycles. The topological polar surface area (TPSA) is 36.4 Å². The Morgan fingerprint density at radius 1 is 1.07 bits per heavy atom. The lowest BCUT2D eigenvalue weighted by Crippen LogP contribution is -2.01. The Morgan fingerprint density at radius 3 is 2.29 bits per heavy atom. The van der Waals surface area contributed by atoms with E-state index < -0.39 is 0 Å². The van der Waals surface area contributed by atoms with E-state index in [0.29, 0.717) is 0 Å². The standard InChI is InChI=1S/C9H7N.C2H7NO/c1-2-6-9-8(4-1)5-3-7-10-9;1-3(2)4/h1-7H;4H,1-2H3. The molecule has 0 aliphatic heterocycles. The molecule has 0 amide bonds. The van der Waals surface area contributed by atoms with Gasteiger partial charge in [0.25, 0.3) is 0 Å². The van der Waals surface area contributed by atoms with Crippen molar-refractivity contribution < 1.29 is 5.21 Å². The number of pyridine rings is 1. The van der Waals surface area contributed by atoms with Crippen LogP contribution in [0.1, 0.15) is 0 Å². The lowest BCUT2D eigenvalue weighted by molar-refractivity contribution is -0.0372. The second-order valence-electron chi connectivity index (χ2n) is 3.04. The van der Waals surface area contributed by atoms with Gasteiger partial charge in [0, 0.05) is 25.7 Å². The molecule has 3 nitrogen and oxygen atoms in total. The molecule has 0 saturated heterocycles. The molecule has 0 radical (unpaired) electrons. The molecule has 0 atom stereocenters. The van der Waals surface area contributed by atoms with E-state index in [2.05, 4.69) is 17.1 Å². The van der Waals surface area contributed by atoms with Crippen LogP contribution >= 0.6 is 0 Å². The van der Waals surface area contributed by atoms with Crippen LogP contribution in [0.5, 0.6) is 0 Å². The fourth-order valence-electron chi connectivity index (χ4n) is 1.02. The third-order valence-electron chi connectivity index (χ3n) is 1.51. The molecule has 3 heteroatoms. The fraction of sp³-hybridized carbons (Fsp3) is 0.182. The van der Waals surface area contributed by atoms with E-state index in [1.807, 2.05) is 30.5 Å². The highest BCUT2D eigenvalue weighted by molar-refractivity contribution is 5.77. The van der Waals surface area contributed by atoms with Crippen molar-refractivity contribution in [1.29, 1.82) is 0 Å². The smallest absolute Gasteiger partial charge is 0.0701 e. The van der Waals surface area contributed by atoms with Crippen molar-refractivity contribution in [1.82, 2.24) is 10.0 Å². The van der Waals surface area contributed by atoms with Gasteiger partial charge in [-0.2, -0.15) is 5.06 Å². The number of rotatable bonds is 0. The highest BCUT2D eigenvalue weighted by Gasteiger charge is 1.86. The van der Waals surface area contributed by atoms with Crippen LogP contribution in [0.2, 0.25) is 0 Å². The summed E-state index contributed by atoms with van der Waals surface area (Å²) < 4.78 is 0. The van der Waals surface area contributed by atoms with E-state index in [4.69, 9.17) is 5.21 Å². The number of nitrogens with zero attached hydrogens (tertiary/aromatic N) is 2. The zero-order valence-corrected chi connectivity index (χ0v) is 8.38. The van der Waals surface area contributed by atoms with Gasteiger partial charge in [-0.25, -0.2) is 0 Å². The van der Waals surface area contributed by atoms with Gasteiger partial charge in [-0.15, -0.1) is 0 Å². The maximum atomic E-state index is 7.89. The van der Waals surface area contributed by atoms with Gasteiger partial charge >= 0.3 is 0 Å². The zero-order chi connectivity index (χ0) is 10.4. The second-order valence-corrected chi connectivity index (χ2v) is 3.04. The lowest BCUT2D eigenvalue weighted by atomic mass is 10.2. The van der Waals surface area contributed by atoms with Crippen LogP contribution in [-0.4, -0.2) is 29.3 Å². The molecule has 0 fully saturated rings. The Bertz CT molecular complexity index is 319. The number of hydroxylamine groups is 2. The summed E-state index contributed by atoms with van der Waals surface area (Å²) in [6, 6.07) is 12.1. The van der Waals surface area contributed by atoms with Gasteiger partial charge in [-0.05, 0) is 12.1 Å². The van der Waals surface area contributed by atoms with Gasteiger partial charge in [-0.1, -0.05) is 24.3 Å². The summed E-state index contributed by atoms with van der Waals surface area (Å²) in [6.07, 6.45) is 1.81. The van der Waals surface area contributed by atoms with E-state index in [9.17, 15) is 0 Å². The van der Waals surface area contributed by atoms with Crippen molar-refractivity contribution in [2.75, 3.05) is 14.1 Å². The van der Waals surface area contributed by atoms with Crippen molar-refractivity contribution in [2.45, 2.75) is 0 Å². The first-order valence-electron chi connectivity index (χ1n) is 4.36. The number of aromatic nitrogens is 1. The molecule has 2 rings (SSSR count). The average Bonchev–Trinajstić information content (AvgIpc) is 2.17. The predicted molar refractivity (Wildman–Crippen MR) is 57.2 cm³/mol. The average molecular weight is 190 g/mol. The summed E-state index contributed by atoms with van der Waals surface area (Å²) in [7, 11) is 3.11. The summed E-state index contributed by atoms with van der Waals surface area (Å²) >= 11 is 0. The quantitative estimate of drug-likeness (QED) is 0.647. The molecule has 0 spiro atoms. The molecule has 1 aromatic heterocycles. The Hall–Kier alpha value is -1.45. The van der Waals surface area contributed by atoms with Crippen LogP contribution in [0.15, 0.2) is 42.6 Å². The first kappa shape index (κ1) is 10.6. The molecule has 14 heavy (non-hydrogen) atoms. The molecule has 0 aliphatic carbocycles. The van der Waals surface area contributed by atoms with Crippen molar-refractivity contribution in [2.24, 2.45) is 0 Å². The fourth-order valence-corrected chi connectivity index (χ4v) is 1.02. The van der Waals surface area contributed by atoms with Gasteiger partial charge in [0.2, 0.25) is 0 Å². The van der Waals surface area contributed by atoms with E-state index >= 15 is 0 Å². The van der Waals surface area contributed by atoms with Crippen molar-refractivity contribution >= 4 is 10.9 Å². The first-order chi connectivity index (χ1) is 6.70. The SMILES string of the molecule is CN(C)O.c1ccc2ncccc2c1. The van der Waals surface area contributed by atoms with Crippen molar-refractivity contribution in [3.8, 4) is 0 Å². The summed E-state index contributed by atoms with van der Waals surface area (Å²) in [4.78, 5) is 4.18. The Labute approximate surface area is 83.6 Å². The van der Waals surface area contributed by atoms with Gasteiger partial charge in [0.1, 0.15) is 0 Å². The number of para-hydroxylation sites is 1. The van der Waals surface area contributed by atoms with Crippen LogP contribution in [0.3, 0.4) is 0 Å². The van der Waals surface area contributed by atoms with Gasteiger partial charge in [-0.3, -0.25) is 4.98 Å². The number of hydrogen-bond donors (Lipinski definition) is 1. The summed E-state index contributed by atoms with van der Waals surface area (Å²) in [5, 5.41) is 10.1. The maximum Gasteiger partial charge on any atom is 0.0701 e. The minimum Gasteiger partial charge on any atom is -0.315 e. The maximum absolute atomic E-state index is 7.89. The molecular formula is C11H14N2O. The van der Waals surface area contributed by atoms with E-state index in [0.717, 1.165) is 10.6 Å². The highest BCUT2D eigenvalue weighted by Crippen LogP contribution is 2.07. The molecule has 2 aromatic rings. The number of hydrogen-bond acceptors (Lipinski definition) is 3. The number of benzene rings is 1. The molecule has 74 valence electrons. The third kappa shape index (κ3) is 3.51. The Kier molecular flexibility index (Phi) is 4.04. The number of fused-ring (bicyclic) bond motifs is 1. The normalized spacial score (nSPS) is 9.71. The molecule has 1 aromatic carbocycles. The monoisotopic (exact) mass is 190 g/mol. The Balaban J connectivity index is 0.000000213. The molecule has 0 aliphatic rings. The molecule has 0 unspecified atom stereocenters. The third-order valence-corrected chi connectivity index (χ3v) is 1.51. The Morgan fingerprint density at radius 2 is 1.64 bits per heavy atom. The molecule has 1 heterocycles. The minimum atomic E-state index is 1.00. The van der Waals surface area contributed by atoms with Crippen molar-refractivity contribution in [3.05, 3.63) is 42.6 Å². The second kappa shape index (κ2) is 5.32. The molecule has 0 bridgehead atoms. The summed E-state index contributed by atoms with van der Waals surface area (Å²) in [6.45, 7) is 0. The largest absolute Gasteiger partial charge is 0.315 e. The zero-order valence-electron chi connectivity index (χ0n) is 8.38. The van der Waals surface area contributed by atoms with E-state index in [-0.39, 0.29) is 0 Å². The first-order valence-corrected chi connectivity index (χ1v) is 4.36. The summed E-state index contributed by atoms with van der Waals surface area (Å²) in [5.41, 5.74) is 1.06. The molecule has 1 N–H and O–H groups in total. The van der Waals surface area contributed by atoms with Crippen LogP contribution in [-0.2, 0) is 0 Å². The van der Waals surface area contributed by atoms with Gasteiger partial charge < -0.3 is 5.21 Å². The highest BCUT2D eigenvalue weighted by atomic mass is 16.5. The van der Waals surface area contributed by atoms with E-state index in [1.165, 1.54) is 5.39 Å². The minimum absolute atomic E-state index is 1.00. The van der Waals surface area contributed by atoms with Crippen LogP contribution < -0.4 is 0 Å². The van der Waals surface area contributed by atoms with Crippen LogP contribution in [0, 0.1) is 0 Å². The van der Waals surface area contributed by atoms with Gasteiger partial charge in [0.15, 0.2) is 0 Å². The van der Waals surface area contributed by atoms with Crippen LogP contribution in [0.4, 0.5) is 0 Å². The van der Waals surface area contributed by atoms with E-state index in [1.54, 1.807) is 14.1 Å². The summed E-state index contributed by atoms with van der Waals surface area (Å²) in [5.74, 6) is 0. The lowest BCUT2D eigenvalue weighted by Gasteiger charge is -1.91. The molecular weight excluding hydrogens is 176 g/mol. The predicted octanol–water partition coefficient (Wildman–Crippen LogP) is 2.17. The van der Waals surface area contributed by atoms with Crippen molar-refractivity contribution in [3.63, 3.8) is 0 Å². The van der Waals surface area contributed by atoms with Gasteiger partial charge in [0.05, 0.1) is 5.52 Å². The van der Waals surface area contributed by atoms with Crippen LogP contribution in [0.25, 0.3) is 10.9 Å².